The van der Waals surface area contributed by atoms with E-state index in [1.54, 1.807) is 30.3 Å². The molecule has 0 aliphatic rings. The van der Waals surface area contributed by atoms with E-state index in [1.807, 2.05) is 13.8 Å². The Balaban J connectivity index is 2.16. The standard InChI is InChI=1S/C21H22Br2N2O6/c1-3-7-30-17-6-5-13(9-18(17)29-4-2)21(28)25-24-11-14-8-15(22)10-16(23)20(14)31-12-19(26)27/h5-6,8-11H,3-4,7,12H2,1-2H3,(H,25,28)(H,26,27)/b24-11+. The van der Waals surface area contributed by atoms with Gasteiger partial charge in [0, 0.05) is 15.6 Å². The minimum absolute atomic E-state index is 0.291. The minimum atomic E-state index is -1.11. The number of benzene rings is 2. The highest BCUT2D eigenvalue weighted by atomic mass is 79.9. The van der Waals surface area contributed by atoms with Crippen LogP contribution in [-0.2, 0) is 4.79 Å². The van der Waals surface area contributed by atoms with Crippen LogP contribution in [0, 0.1) is 0 Å². The van der Waals surface area contributed by atoms with Crippen molar-refractivity contribution in [1.29, 1.82) is 0 Å². The fourth-order valence-electron chi connectivity index (χ4n) is 2.44. The Morgan fingerprint density at radius 3 is 2.55 bits per heavy atom. The van der Waals surface area contributed by atoms with E-state index in [9.17, 15) is 9.59 Å². The maximum atomic E-state index is 12.5. The Morgan fingerprint density at radius 1 is 1.10 bits per heavy atom. The minimum Gasteiger partial charge on any atom is -0.490 e. The summed E-state index contributed by atoms with van der Waals surface area (Å²) in [7, 11) is 0. The highest BCUT2D eigenvalue weighted by Gasteiger charge is 2.13. The zero-order valence-electron chi connectivity index (χ0n) is 17.0. The second-order valence-corrected chi connectivity index (χ2v) is 7.90. The van der Waals surface area contributed by atoms with Crippen LogP contribution in [0.3, 0.4) is 0 Å². The SMILES string of the molecule is CCCOc1ccc(C(=O)N/N=C/c2cc(Br)cc(Br)c2OCC(=O)O)cc1OCC. The first-order valence-electron chi connectivity index (χ1n) is 9.42. The first kappa shape index (κ1) is 24.7. The highest BCUT2D eigenvalue weighted by molar-refractivity contribution is 9.11. The van der Waals surface area contributed by atoms with Gasteiger partial charge in [0.1, 0.15) is 5.75 Å². The maximum Gasteiger partial charge on any atom is 0.341 e. The van der Waals surface area contributed by atoms with Crippen LogP contribution < -0.4 is 19.6 Å². The molecule has 1 amide bonds. The summed E-state index contributed by atoms with van der Waals surface area (Å²) in [5, 5.41) is 12.8. The lowest BCUT2D eigenvalue weighted by molar-refractivity contribution is -0.139. The van der Waals surface area contributed by atoms with Crippen molar-refractivity contribution in [1.82, 2.24) is 5.43 Å². The van der Waals surface area contributed by atoms with Crippen LogP contribution in [0.5, 0.6) is 17.2 Å². The number of hydrogen-bond acceptors (Lipinski definition) is 6. The van der Waals surface area contributed by atoms with E-state index in [1.165, 1.54) is 6.21 Å². The van der Waals surface area contributed by atoms with Crippen molar-refractivity contribution >= 4 is 50.0 Å². The molecule has 0 unspecified atom stereocenters. The fraction of sp³-hybridized carbons (Fsp3) is 0.286. The maximum absolute atomic E-state index is 12.5. The Labute approximate surface area is 196 Å². The molecule has 0 saturated carbocycles. The molecule has 0 radical (unpaired) electrons. The van der Waals surface area contributed by atoms with Crippen molar-refractivity contribution in [2.45, 2.75) is 20.3 Å². The Morgan fingerprint density at radius 2 is 1.87 bits per heavy atom. The van der Waals surface area contributed by atoms with Crippen molar-refractivity contribution in [3.8, 4) is 17.2 Å². The number of amides is 1. The molecule has 0 spiro atoms. The molecule has 10 heteroatoms. The van der Waals surface area contributed by atoms with Gasteiger partial charge in [0.15, 0.2) is 18.1 Å². The average molecular weight is 558 g/mol. The lowest BCUT2D eigenvalue weighted by Crippen LogP contribution is -2.18. The number of carbonyl (C=O) groups is 2. The lowest BCUT2D eigenvalue weighted by Gasteiger charge is -2.12. The van der Waals surface area contributed by atoms with Crippen molar-refractivity contribution in [2.75, 3.05) is 19.8 Å². The number of ether oxygens (including phenoxy) is 3. The largest absolute Gasteiger partial charge is 0.490 e. The third-order valence-corrected chi connectivity index (χ3v) is 4.76. The second kappa shape index (κ2) is 12.3. The van der Waals surface area contributed by atoms with E-state index in [0.29, 0.717) is 46.1 Å². The molecule has 166 valence electrons. The van der Waals surface area contributed by atoms with Gasteiger partial charge >= 0.3 is 5.97 Å². The topological polar surface area (TPSA) is 106 Å². The van der Waals surface area contributed by atoms with Crippen molar-refractivity contribution in [3.05, 3.63) is 50.4 Å². The van der Waals surface area contributed by atoms with Gasteiger partial charge in [-0.15, -0.1) is 0 Å². The summed E-state index contributed by atoms with van der Waals surface area (Å²) in [5.74, 6) is -0.209. The molecule has 0 heterocycles. The molecule has 0 saturated heterocycles. The van der Waals surface area contributed by atoms with Crippen LogP contribution in [0.1, 0.15) is 36.2 Å². The third kappa shape index (κ3) is 7.55. The number of carbonyl (C=O) groups excluding carboxylic acids is 1. The quantitative estimate of drug-likeness (QED) is 0.308. The molecule has 8 nitrogen and oxygen atoms in total. The first-order chi connectivity index (χ1) is 14.8. The molecular formula is C21H22Br2N2O6. The summed E-state index contributed by atoms with van der Waals surface area (Å²) in [6.45, 7) is 4.32. The number of hydrazone groups is 1. The molecule has 0 aliphatic carbocycles. The number of carboxylic acid groups (broad SMARTS) is 1. The van der Waals surface area contributed by atoms with Crippen LogP contribution in [0.4, 0.5) is 0 Å². The molecule has 2 aromatic rings. The zero-order chi connectivity index (χ0) is 22.8. The predicted octanol–water partition coefficient (Wildman–Crippen LogP) is 4.63. The number of carboxylic acids is 1. The number of nitrogens with one attached hydrogen (secondary N) is 1. The Hall–Kier alpha value is -2.59. The smallest absolute Gasteiger partial charge is 0.341 e. The fourth-order valence-corrected chi connectivity index (χ4v) is 3.81. The van der Waals surface area contributed by atoms with Crippen molar-refractivity contribution in [3.63, 3.8) is 0 Å². The number of rotatable bonds is 11. The molecule has 0 bridgehead atoms. The average Bonchev–Trinajstić information content (AvgIpc) is 2.72. The summed E-state index contributed by atoms with van der Waals surface area (Å²) in [5.41, 5.74) is 3.26. The van der Waals surface area contributed by atoms with Crippen LogP contribution in [0.2, 0.25) is 0 Å². The van der Waals surface area contributed by atoms with Gasteiger partial charge in [0.25, 0.3) is 5.91 Å². The monoisotopic (exact) mass is 556 g/mol. The molecular weight excluding hydrogens is 536 g/mol. The van der Waals surface area contributed by atoms with Crippen molar-refractivity contribution < 1.29 is 28.9 Å². The van der Waals surface area contributed by atoms with Crippen LogP contribution in [0.15, 0.2) is 44.4 Å². The zero-order valence-corrected chi connectivity index (χ0v) is 20.2. The molecule has 0 atom stereocenters. The molecule has 2 N–H and O–H groups in total. The van der Waals surface area contributed by atoms with Gasteiger partial charge in [-0.2, -0.15) is 5.10 Å². The number of nitrogens with zero attached hydrogens (tertiary/aromatic N) is 1. The normalized spacial score (nSPS) is 10.7. The molecule has 31 heavy (non-hydrogen) atoms. The summed E-state index contributed by atoms with van der Waals surface area (Å²) < 4.78 is 17.8. The summed E-state index contributed by atoms with van der Waals surface area (Å²) in [4.78, 5) is 23.3. The first-order valence-corrected chi connectivity index (χ1v) is 11.0. The van der Waals surface area contributed by atoms with Gasteiger partial charge in [0.05, 0.1) is 23.9 Å². The van der Waals surface area contributed by atoms with Crippen molar-refractivity contribution in [2.24, 2.45) is 5.10 Å². The van der Waals surface area contributed by atoms with Gasteiger partial charge in [-0.3, -0.25) is 4.79 Å². The Bertz CT molecular complexity index is 965. The number of halogens is 2. The van der Waals surface area contributed by atoms with E-state index >= 15 is 0 Å². The van der Waals surface area contributed by atoms with Crippen LogP contribution in [-0.4, -0.2) is 43.0 Å². The van der Waals surface area contributed by atoms with E-state index in [2.05, 4.69) is 42.4 Å². The van der Waals surface area contributed by atoms with Gasteiger partial charge in [0.2, 0.25) is 0 Å². The molecule has 0 aliphatic heterocycles. The molecule has 2 aromatic carbocycles. The van der Waals surface area contributed by atoms with Gasteiger partial charge < -0.3 is 19.3 Å². The predicted molar refractivity (Wildman–Crippen MR) is 123 cm³/mol. The Kier molecular flexibility index (Phi) is 9.80. The van der Waals surface area contributed by atoms with E-state index in [4.69, 9.17) is 19.3 Å². The summed E-state index contributed by atoms with van der Waals surface area (Å²) in [6.07, 6.45) is 2.22. The molecule has 0 fully saturated rings. The van der Waals surface area contributed by atoms with E-state index in [0.717, 1.165) is 10.9 Å². The number of aliphatic carboxylic acids is 1. The van der Waals surface area contributed by atoms with E-state index in [-0.39, 0.29) is 0 Å². The van der Waals surface area contributed by atoms with Gasteiger partial charge in [-0.25, -0.2) is 10.2 Å². The number of hydrogen-bond donors (Lipinski definition) is 2. The van der Waals surface area contributed by atoms with Crippen LogP contribution in [0.25, 0.3) is 0 Å². The van der Waals surface area contributed by atoms with Gasteiger partial charge in [-0.05, 0) is 59.6 Å². The summed E-state index contributed by atoms with van der Waals surface area (Å²) >= 11 is 6.69. The molecule has 2 rings (SSSR count). The highest BCUT2D eigenvalue weighted by Crippen LogP contribution is 2.32. The van der Waals surface area contributed by atoms with Crippen LogP contribution >= 0.6 is 31.9 Å². The second-order valence-electron chi connectivity index (χ2n) is 6.13. The van der Waals surface area contributed by atoms with E-state index < -0.39 is 18.5 Å². The lowest BCUT2D eigenvalue weighted by atomic mass is 10.2. The van der Waals surface area contributed by atoms with Gasteiger partial charge in [-0.1, -0.05) is 22.9 Å². The molecule has 0 aromatic heterocycles. The summed E-state index contributed by atoms with van der Waals surface area (Å²) in [6, 6.07) is 8.30. The third-order valence-electron chi connectivity index (χ3n) is 3.71.